The highest BCUT2D eigenvalue weighted by molar-refractivity contribution is 5.88. The zero-order chi connectivity index (χ0) is 21.1. The number of hydrogen-bond acceptors (Lipinski definition) is 6. The van der Waals surface area contributed by atoms with E-state index in [2.05, 4.69) is 20.3 Å². The van der Waals surface area contributed by atoms with Gasteiger partial charge in [-0.15, -0.1) is 0 Å². The SMILES string of the molecule is Cc1c(CC(=O)N[C@H](C)c2ncc(C#N)cc2F)c(=O)[nH]c2ccnc(C#N)c12.[HH].[HH]. The molecule has 0 saturated heterocycles. The number of halogens is 1. The van der Waals surface area contributed by atoms with E-state index in [1.165, 1.54) is 12.4 Å². The first-order chi connectivity index (χ1) is 13.8. The van der Waals surface area contributed by atoms with Crippen LogP contribution in [0, 0.1) is 35.4 Å². The van der Waals surface area contributed by atoms with Gasteiger partial charge < -0.3 is 10.3 Å². The lowest BCUT2D eigenvalue weighted by molar-refractivity contribution is -0.121. The molecule has 3 aromatic rings. The first-order valence-electron chi connectivity index (χ1n) is 8.61. The van der Waals surface area contributed by atoms with Crippen molar-refractivity contribution in [2.45, 2.75) is 26.3 Å². The Labute approximate surface area is 167 Å². The van der Waals surface area contributed by atoms with Gasteiger partial charge in [0.2, 0.25) is 5.91 Å². The molecule has 0 saturated carbocycles. The van der Waals surface area contributed by atoms with Gasteiger partial charge >= 0.3 is 0 Å². The summed E-state index contributed by atoms with van der Waals surface area (Å²) in [4.78, 5) is 35.4. The van der Waals surface area contributed by atoms with Gasteiger partial charge in [-0.1, -0.05) is 0 Å². The molecule has 0 bridgehead atoms. The quantitative estimate of drug-likeness (QED) is 0.697. The summed E-state index contributed by atoms with van der Waals surface area (Å²) < 4.78 is 14.1. The Kier molecular flexibility index (Phi) is 5.33. The highest BCUT2D eigenvalue weighted by atomic mass is 19.1. The van der Waals surface area contributed by atoms with Crippen molar-refractivity contribution in [2.24, 2.45) is 0 Å². The molecule has 0 spiro atoms. The zero-order valence-electron chi connectivity index (χ0n) is 15.6. The summed E-state index contributed by atoms with van der Waals surface area (Å²) in [6.45, 7) is 3.19. The van der Waals surface area contributed by atoms with Crippen LogP contribution < -0.4 is 10.9 Å². The maximum atomic E-state index is 14.1. The molecule has 0 fully saturated rings. The fourth-order valence-corrected chi connectivity index (χ4v) is 3.11. The first-order valence-corrected chi connectivity index (χ1v) is 8.61. The Morgan fingerprint density at radius 2 is 2.14 bits per heavy atom. The number of rotatable bonds is 4. The summed E-state index contributed by atoms with van der Waals surface area (Å²) in [6, 6.07) is 5.61. The molecule has 0 aliphatic heterocycles. The normalized spacial score (nSPS) is 11.5. The predicted molar refractivity (Wildman–Crippen MR) is 105 cm³/mol. The maximum Gasteiger partial charge on any atom is 0.252 e. The fourth-order valence-electron chi connectivity index (χ4n) is 3.11. The summed E-state index contributed by atoms with van der Waals surface area (Å²) >= 11 is 0. The molecular formula is C20H19FN6O2. The second kappa shape index (κ2) is 7.87. The van der Waals surface area contributed by atoms with E-state index < -0.39 is 23.3 Å². The third-order valence-corrected chi connectivity index (χ3v) is 4.53. The van der Waals surface area contributed by atoms with Crippen molar-refractivity contribution < 1.29 is 12.0 Å². The second-order valence-corrected chi connectivity index (χ2v) is 6.42. The van der Waals surface area contributed by atoms with Crippen molar-refractivity contribution in [1.29, 1.82) is 10.5 Å². The molecule has 0 unspecified atom stereocenters. The molecule has 148 valence electrons. The molecule has 0 aromatic carbocycles. The minimum atomic E-state index is -0.772. The van der Waals surface area contributed by atoms with Crippen LogP contribution >= 0.6 is 0 Å². The van der Waals surface area contributed by atoms with Crippen LogP contribution in [0.25, 0.3) is 10.9 Å². The Balaban J connectivity index is 0.00000240. The molecule has 29 heavy (non-hydrogen) atoms. The number of pyridine rings is 3. The van der Waals surface area contributed by atoms with Crippen LogP contribution in [-0.2, 0) is 11.2 Å². The molecule has 1 amide bonds. The predicted octanol–water partition coefficient (Wildman–Crippen LogP) is 2.42. The number of H-pyrrole nitrogens is 1. The van der Waals surface area contributed by atoms with Crippen LogP contribution in [0.15, 0.2) is 29.3 Å². The van der Waals surface area contributed by atoms with Crippen LogP contribution in [0.1, 0.15) is 43.9 Å². The second-order valence-electron chi connectivity index (χ2n) is 6.42. The number of nitrogens with one attached hydrogen (secondary N) is 2. The standard InChI is InChI=1S/C20H15FN6O2.2H2/c1-10-13(20(29)27-15-3-4-24-16(8-23)18(10)15)6-17(28)26-11(2)19-14(21)5-12(7-22)9-25-19;;/h3-5,9,11H,6H2,1-2H3,(H,26,28)(H,27,29);2*1H/t11-;;/m1../s1. The number of fused-ring (bicyclic) bond motifs is 1. The Morgan fingerprint density at radius 1 is 1.38 bits per heavy atom. The number of carbonyl (C=O) groups is 1. The summed E-state index contributed by atoms with van der Waals surface area (Å²) in [5.74, 6) is -1.22. The van der Waals surface area contributed by atoms with Crippen LogP contribution in [-0.4, -0.2) is 20.9 Å². The topological polar surface area (TPSA) is 135 Å². The van der Waals surface area contributed by atoms with Crippen molar-refractivity contribution in [2.75, 3.05) is 0 Å². The number of aromatic amines is 1. The Bertz CT molecular complexity index is 1280. The smallest absolute Gasteiger partial charge is 0.252 e. The largest absolute Gasteiger partial charge is 0.348 e. The number of hydrogen-bond donors (Lipinski definition) is 2. The van der Waals surface area contributed by atoms with Crippen LogP contribution in [0.3, 0.4) is 0 Å². The minimum Gasteiger partial charge on any atom is -0.348 e. The van der Waals surface area contributed by atoms with Gasteiger partial charge in [0.15, 0.2) is 0 Å². The lowest BCUT2D eigenvalue weighted by Crippen LogP contribution is -2.31. The first kappa shape index (κ1) is 19.6. The summed E-state index contributed by atoms with van der Waals surface area (Å²) in [6.07, 6.45) is 2.37. The van der Waals surface area contributed by atoms with Crippen LogP contribution in [0.5, 0.6) is 0 Å². The van der Waals surface area contributed by atoms with Gasteiger partial charge in [-0.2, -0.15) is 10.5 Å². The molecule has 3 rings (SSSR count). The van der Waals surface area contributed by atoms with Crippen molar-refractivity contribution in [1.82, 2.24) is 20.3 Å². The van der Waals surface area contributed by atoms with Crippen LogP contribution in [0.2, 0.25) is 0 Å². The molecule has 0 aliphatic carbocycles. The fraction of sp³-hybridized carbons (Fsp3) is 0.200. The van der Waals surface area contributed by atoms with Gasteiger partial charge in [0.25, 0.3) is 5.56 Å². The number of amides is 1. The van der Waals surface area contributed by atoms with E-state index in [9.17, 15) is 19.2 Å². The lowest BCUT2D eigenvalue weighted by atomic mass is 10.0. The molecule has 3 heterocycles. The summed E-state index contributed by atoms with van der Waals surface area (Å²) in [5.41, 5.74) is 0.896. The average molecular weight is 394 g/mol. The van der Waals surface area contributed by atoms with Gasteiger partial charge in [0, 0.05) is 26.2 Å². The van der Waals surface area contributed by atoms with Gasteiger partial charge in [-0.05, 0) is 31.5 Å². The third-order valence-electron chi connectivity index (χ3n) is 4.53. The molecular weight excluding hydrogens is 375 g/mol. The molecule has 1 atom stereocenters. The van der Waals surface area contributed by atoms with E-state index >= 15 is 0 Å². The number of nitriles is 2. The average Bonchev–Trinajstić information content (AvgIpc) is 2.70. The number of aryl methyl sites for hydroxylation is 1. The zero-order valence-corrected chi connectivity index (χ0v) is 15.6. The van der Waals surface area contributed by atoms with E-state index in [0.717, 1.165) is 6.07 Å². The van der Waals surface area contributed by atoms with Crippen molar-refractivity contribution in [3.63, 3.8) is 0 Å². The Hall–Kier alpha value is -4.11. The number of nitrogens with zero attached hydrogens (tertiary/aromatic N) is 4. The molecule has 0 radical (unpaired) electrons. The molecule has 3 aromatic heterocycles. The monoisotopic (exact) mass is 394 g/mol. The van der Waals surface area contributed by atoms with Crippen molar-refractivity contribution in [3.05, 3.63) is 68.8 Å². The minimum absolute atomic E-state index is 0. The van der Waals surface area contributed by atoms with Gasteiger partial charge in [0.1, 0.15) is 23.6 Å². The summed E-state index contributed by atoms with van der Waals surface area (Å²) in [7, 11) is 0. The lowest BCUT2D eigenvalue weighted by Gasteiger charge is -2.15. The highest BCUT2D eigenvalue weighted by Crippen LogP contribution is 2.20. The van der Waals surface area contributed by atoms with Crippen molar-refractivity contribution >= 4 is 16.8 Å². The van der Waals surface area contributed by atoms with E-state index in [1.54, 1.807) is 26.0 Å². The van der Waals surface area contributed by atoms with E-state index in [-0.39, 0.29) is 31.8 Å². The number of aromatic nitrogens is 3. The van der Waals surface area contributed by atoms with E-state index in [0.29, 0.717) is 16.5 Å². The van der Waals surface area contributed by atoms with Gasteiger partial charge in [0.05, 0.1) is 29.2 Å². The molecule has 9 heteroatoms. The van der Waals surface area contributed by atoms with E-state index in [1.807, 2.05) is 6.07 Å². The van der Waals surface area contributed by atoms with Gasteiger partial charge in [-0.25, -0.2) is 9.37 Å². The third kappa shape index (κ3) is 3.80. The van der Waals surface area contributed by atoms with Crippen molar-refractivity contribution in [3.8, 4) is 12.1 Å². The molecule has 0 aliphatic rings. The maximum absolute atomic E-state index is 14.1. The Morgan fingerprint density at radius 3 is 2.79 bits per heavy atom. The molecule has 2 N–H and O–H groups in total. The van der Waals surface area contributed by atoms with Crippen LogP contribution in [0.4, 0.5) is 4.39 Å². The molecule has 8 nitrogen and oxygen atoms in total. The van der Waals surface area contributed by atoms with E-state index in [4.69, 9.17) is 5.26 Å². The highest BCUT2D eigenvalue weighted by Gasteiger charge is 2.19. The summed E-state index contributed by atoms with van der Waals surface area (Å²) in [5, 5.41) is 21.1. The number of carbonyl (C=O) groups excluding carboxylic acids is 1. The van der Waals surface area contributed by atoms with Gasteiger partial charge in [-0.3, -0.25) is 14.6 Å².